The van der Waals surface area contributed by atoms with E-state index in [1.54, 1.807) is 42.5 Å². The van der Waals surface area contributed by atoms with E-state index in [1.165, 1.54) is 6.08 Å². The van der Waals surface area contributed by atoms with Crippen molar-refractivity contribution in [3.63, 3.8) is 0 Å². The van der Waals surface area contributed by atoms with Crippen molar-refractivity contribution in [1.82, 2.24) is 10.6 Å². The highest BCUT2D eigenvalue weighted by Gasteiger charge is 2.16. The number of hydrogen-bond acceptors (Lipinski definition) is 3. The normalized spacial score (nSPS) is 11.5. The summed E-state index contributed by atoms with van der Waals surface area (Å²) in [4.78, 5) is 25.5. The van der Waals surface area contributed by atoms with Gasteiger partial charge < -0.3 is 15.1 Å². The van der Waals surface area contributed by atoms with Gasteiger partial charge in [0.1, 0.15) is 17.2 Å². The quantitative estimate of drug-likeness (QED) is 0.409. The summed E-state index contributed by atoms with van der Waals surface area (Å²) in [7, 11) is 0. The van der Waals surface area contributed by atoms with Crippen LogP contribution in [0.5, 0.6) is 0 Å². The third-order valence-electron chi connectivity index (χ3n) is 4.58. The summed E-state index contributed by atoms with van der Waals surface area (Å²) in [5, 5.41) is 6.53. The van der Waals surface area contributed by atoms with E-state index in [-0.39, 0.29) is 17.5 Å². The van der Waals surface area contributed by atoms with Crippen molar-refractivity contribution in [3.8, 4) is 11.3 Å². The zero-order chi connectivity index (χ0) is 23.3. The Kier molecular flexibility index (Phi) is 7.78. The highest BCUT2D eigenvalue weighted by molar-refractivity contribution is 6.35. The fraction of sp³-hybridized carbons (Fsp3) is 0.200. The number of hydrogen-bond donors (Lipinski definition) is 2. The molecule has 166 valence electrons. The second kappa shape index (κ2) is 10.5. The molecule has 0 spiro atoms. The number of halogens is 2. The second-order valence-electron chi connectivity index (χ2n) is 7.81. The van der Waals surface area contributed by atoms with Crippen LogP contribution in [0.1, 0.15) is 35.5 Å². The molecule has 32 heavy (non-hydrogen) atoms. The molecule has 2 aromatic carbocycles. The summed E-state index contributed by atoms with van der Waals surface area (Å²) in [6, 6.07) is 15.6. The molecule has 0 saturated carbocycles. The minimum Gasteiger partial charge on any atom is -0.457 e. The maximum Gasteiger partial charge on any atom is 0.267 e. The molecule has 0 bridgehead atoms. The van der Waals surface area contributed by atoms with Crippen molar-refractivity contribution in [1.29, 1.82) is 0 Å². The molecule has 2 N–H and O–H groups in total. The second-order valence-corrected chi connectivity index (χ2v) is 8.65. The number of furan rings is 1. The van der Waals surface area contributed by atoms with Gasteiger partial charge in [-0.1, -0.05) is 54.7 Å². The Morgan fingerprint density at radius 1 is 1.03 bits per heavy atom. The van der Waals surface area contributed by atoms with Gasteiger partial charge in [0.2, 0.25) is 0 Å². The van der Waals surface area contributed by atoms with Crippen molar-refractivity contribution in [2.24, 2.45) is 5.92 Å². The van der Waals surface area contributed by atoms with E-state index in [0.29, 0.717) is 39.2 Å². The van der Waals surface area contributed by atoms with Crippen LogP contribution in [-0.4, -0.2) is 18.4 Å². The van der Waals surface area contributed by atoms with E-state index in [4.69, 9.17) is 27.6 Å². The Morgan fingerprint density at radius 3 is 2.44 bits per heavy atom. The first kappa shape index (κ1) is 23.6. The molecule has 0 aliphatic carbocycles. The van der Waals surface area contributed by atoms with Crippen LogP contribution in [0.15, 0.2) is 64.7 Å². The van der Waals surface area contributed by atoms with Crippen molar-refractivity contribution < 1.29 is 14.0 Å². The van der Waals surface area contributed by atoms with Crippen LogP contribution in [-0.2, 0) is 4.79 Å². The van der Waals surface area contributed by atoms with Crippen LogP contribution in [0.2, 0.25) is 10.0 Å². The van der Waals surface area contributed by atoms with Crippen molar-refractivity contribution in [2.75, 3.05) is 6.54 Å². The standard InChI is InChI=1S/C25H24Cl2N2O3/c1-15(2)14-28-25(31)22(29-24(30)17-6-4-16(3)5-7-17)13-19-9-11-23(32-19)20-12-18(26)8-10-21(20)27/h4-13,15H,14H2,1-3H3,(H,28,31)(H,29,30)/b22-13-. The monoisotopic (exact) mass is 470 g/mol. The molecule has 0 unspecified atom stereocenters. The van der Waals surface area contributed by atoms with Gasteiger partial charge >= 0.3 is 0 Å². The minimum absolute atomic E-state index is 0.0781. The molecule has 0 aliphatic heterocycles. The van der Waals surface area contributed by atoms with Crippen LogP contribution in [0.25, 0.3) is 17.4 Å². The Balaban J connectivity index is 1.89. The molecular formula is C25H24Cl2N2O3. The zero-order valence-corrected chi connectivity index (χ0v) is 19.6. The number of carbonyl (C=O) groups excluding carboxylic acids is 2. The first-order valence-corrected chi connectivity index (χ1v) is 10.9. The van der Waals surface area contributed by atoms with E-state index in [1.807, 2.05) is 32.9 Å². The predicted octanol–water partition coefficient (Wildman–Crippen LogP) is 6.10. The first-order valence-electron chi connectivity index (χ1n) is 10.2. The van der Waals surface area contributed by atoms with Gasteiger partial charge in [-0.25, -0.2) is 0 Å². The van der Waals surface area contributed by atoms with E-state index in [2.05, 4.69) is 10.6 Å². The average molecular weight is 471 g/mol. The lowest BCUT2D eigenvalue weighted by Gasteiger charge is -2.12. The molecule has 1 aromatic heterocycles. The molecule has 3 aromatic rings. The van der Waals surface area contributed by atoms with Gasteiger partial charge in [0.25, 0.3) is 11.8 Å². The van der Waals surface area contributed by atoms with Gasteiger partial charge in [0.15, 0.2) is 0 Å². The van der Waals surface area contributed by atoms with Crippen LogP contribution in [0.4, 0.5) is 0 Å². The number of carbonyl (C=O) groups is 2. The predicted molar refractivity (Wildman–Crippen MR) is 129 cm³/mol. The molecule has 0 atom stereocenters. The fourth-order valence-corrected chi connectivity index (χ4v) is 3.24. The smallest absolute Gasteiger partial charge is 0.267 e. The van der Waals surface area contributed by atoms with Crippen molar-refractivity contribution in [2.45, 2.75) is 20.8 Å². The van der Waals surface area contributed by atoms with Crippen molar-refractivity contribution >= 4 is 41.1 Å². The number of amides is 2. The zero-order valence-electron chi connectivity index (χ0n) is 18.0. The molecule has 0 fully saturated rings. The SMILES string of the molecule is Cc1ccc(C(=O)N/C(=C\c2ccc(-c3cc(Cl)ccc3Cl)o2)C(=O)NCC(C)C)cc1. The number of aryl methyl sites for hydroxylation is 1. The lowest BCUT2D eigenvalue weighted by atomic mass is 10.1. The van der Waals surface area contributed by atoms with Gasteiger partial charge in [-0.3, -0.25) is 9.59 Å². The molecule has 0 saturated heterocycles. The summed E-state index contributed by atoms with van der Waals surface area (Å²) in [6.07, 6.45) is 1.49. The van der Waals surface area contributed by atoms with Gasteiger partial charge in [-0.2, -0.15) is 0 Å². The van der Waals surface area contributed by atoms with Crippen molar-refractivity contribution in [3.05, 3.63) is 87.2 Å². The lowest BCUT2D eigenvalue weighted by Crippen LogP contribution is -2.36. The molecule has 2 amide bonds. The fourth-order valence-electron chi connectivity index (χ4n) is 2.85. The Bertz CT molecular complexity index is 1150. The van der Waals surface area contributed by atoms with E-state index in [0.717, 1.165) is 5.56 Å². The average Bonchev–Trinajstić information content (AvgIpc) is 3.22. The van der Waals surface area contributed by atoms with Crippen LogP contribution in [0, 0.1) is 12.8 Å². The highest BCUT2D eigenvalue weighted by atomic mass is 35.5. The molecule has 0 aliphatic rings. The van der Waals surface area contributed by atoms with E-state index >= 15 is 0 Å². The molecule has 1 heterocycles. The Morgan fingerprint density at radius 2 is 1.75 bits per heavy atom. The number of rotatable bonds is 7. The maximum absolute atomic E-state index is 12.8. The van der Waals surface area contributed by atoms with Crippen LogP contribution in [0.3, 0.4) is 0 Å². The van der Waals surface area contributed by atoms with Crippen LogP contribution >= 0.6 is 23.2 Å². The minimum atomic E-state index is -0.405. The molecule has 3 rings (SSSR count). The van der Waals surface area contributed by atoms with Gasteiger partial charge in [0, 0.05) is 28.8 Å². The van der Waals surface area contributed by atoms with Gasteiger partial charge in [-0.05, 0) is 55.3 Å². The summed E-state index contributed by atoms with van der Waals surface area (Å²) >= 11 is 12.3. The number of nitrogens with one attached hydrogen (secondary N) is 2. The summed E-state index contributed by atoms with van der Waals surface area (Å²) in [5.41, 5.74) is 2.20. The third-order valence-corrected chi connectivity index (χ3v) is 5.15. The van der Waals surface area contributed by atoms with Gasteiger partial charge in [0.05, 0.1) is 5.02 Å². The maximum atomic E-state index is 12.8. The van der Waals surface area contributed by atoms with E-state index < -0.39 is 5.91 Å². The molecule has 7 heteroatoms. The Hall–Kier alpha value is -3.02. The first-order chi connectivity index (χ1) is 15.2. The van der Waals surface area contributed by atoms with Crippen LogP contribution < -0.4 is 10.6 Å². The summed E-state index contributed by atoms with van der Waals surface area (Å²) in [5.74, 6) is 0.345. The highest BCUT2D eigenvalue weighted by Crippen LogP contribution is 2.32. The Labute approximate surface area is 197 Å². The largest absolute Gasteiger partial charge is 0.457 e. The lowest BCUT2D eigenvalue weighted by molar-refractivity contribution is -0.117. The topological polar surface area (TPSA) is 71.3 Å². The van der Waals surface area contributed by atoms with E-state index in [9.17, 15) is 9.59 Å². The number of benzene rings is 2. The summed E-state index contributed by atoms with van der Waals surface area (Å²) < 4.78 is 5.86. The third kappa shape index (κ3) is 6.25. The molecular weight excluding hydrogens is 447 g/mol. The molecule has 5 nitrogen and oxygen atoms in total. The van der Waals surface area contributed by atoms with Gasteiger partial charge in [-0.15, -0.1) is 0 Å². The molecule has 0 radical (unpaired) electrons. The summed E-state index contributed by atoms with van der Waals surface area (Å²) in [6.45, 7) is 6.38.